The number of carbonyl (C=O) groups is 4. The lowest BCUT2D eigenvalue weighted by Gasteiger charge is -2.64. The number of amides is 4. The summed E-state index contributed by atoms with van der Waals surface area (Å²) in [5, 5.41) is 8.33. The fourth-order valence-corrected chi connectivity index (χ4v) is 9.08. The van der Waals surface area contributed by atoms with Crippen molar-refractivity contribution >= 4 is 30.7 Å². The lowest BCUT2D eigenvalue weighted by Crippen LogP contribution is -2.65. The number of rotatable bonds is 15. The SMILES string of the molecule is CC(C)[C@H](NC(=O)c1cnccn1)C(=O)N[C@H](C(=O)N1C[C@H](OCc2ccccc2)C[C@H]1C(=O)N[C@H](CC(F)F)B1O[C@@H]2C[C@@H]3C[C@@H](C3(C)C)[C@]2(C)O1)C(C)C. The summed E-state index contributed by atoms with van der Waals surface area (Å²) in [7, 11) is -1.10. The molecule has 1 aromatic heterocycles. The molecule has 2 aliphatic heterocycles. The summed E-state index contributed by atoms with van der Waals surface area (Å²) in [6, 6.07) is 6.22. The first-order chi connectivity index (χ1) is 26.5. The second-order valence-corrected chi connectivity index (χ2v) is 17.3. The first-order valence-corrected chi connectivity index (χ1v) is 19.7. The third kappa shape index (κ3) is 8.62. The van der Waals surface area contributed by atoms with Crippen LogP contribution < -0.4 is 16.0 Å². The van der Waals surface area contributed by atoms with Gasteiger partial charge in [-0.25, -0.2) is 13.8 Å². The second-order valence-electron chi connectivity index (χ2n) is 17.3. The summed E-state index contributed by atoms with van der Waals surface area (Å²) in [5.74, 6) is -3.72. The highest BCUT2D eigenvalue weighted by Crippen LogP contribution is 2.65. The zero-order valence-electron chi connectivity index (χ0n) is 33.2. The van der Waals surface area contributed by atoms with E-state index in [1.807, 2.05) is 37.3 Å². The number of hydrogen-bond donors (Lipinski definition) is 3. The maximum Gasteiger partial charge on any atom is 0.481 e. The van der Waals surface area contributed by atoms with E-state index >= 15 is 0 Å². The molecule has 3 heterocycles. The van der Waals surface area contributed by atoms with Crippen molar-refractivity contribution in [1.82, 2.24) is 30.8 Å². The van der Waals surface area contributed by atoms with Crippen molar-refractivity contribution in [2.24, 2.45) is 29.1 Å². The molecule has 0 spiro atoms. The Kier molecular flexibility index (Phi) is 12.5. The molecule has 0 unspecified atom stereocenters. The fourth-order valence-electron chi connectivity index (χ4n) is 9.08. The van der Waals surface area contributed by atoms with Crippen LogP contribution in [0.15, 0.2) is 48.9 Å². The molecule has 2 saturated heterocycles. The van der Waals surface area contributed by atoms with Gasteiger partial charge in [-0.1, -0.05) is 71.9 Å². The van der Waals surface area contributed by atoms with E-state index in [2.05, 4.69) is 39.8 Å². The van der Waals surface area contributed by atoms with E-state index in [9.17, 15) is 28.0 Å². The van der Waals surface area contributed by atoms with Crippen molar-refractivity contribution in [3.8, 4) is 0 Å². The van der Waals surface area contributed by atoms with Gasteiger partial charge in [0.25, 0.3) is 5.91 Å². The molecule has 13 nitrogen and oxygen atoms in total. The number of likely N-dealkylation sites (tertiary alicyclic amines) is 1. The summed E-state index contributed by atoms with van der Waals surface area (Å²) in [4.78, 5) is 64.8. The molecule has 56 heavy (non-hydrogen) atoms. The molecule has 2 bridgehead atoms. The molecule has 5 fully saturated rings. The number of nitrogens with one attached hydrogen (secondary N) is 3. The molecule has 1 aromatic carbocycles. The van der Waals surface area contributed by atoms with Crippen molar-refractivity contribution in [1.29, 1.82) is 0 Å². The highest BCUT2D eigenvalue weighted by Gasteiger charge is 2.68. The third-order valence-electron chi connectivity index (χ3n) is 12.5. The van der Waals surface area contributed by atoms with Crippen LogP contribution in [0, 0.1) is 29.1 Å². The Morgan fingerprint density at radius 3 is 2.30 bits per heavy atom. The van der Waals surface area contributed by atoms with Crippen molar-refractivity contribution in [3.05, 3.63) is 60.2 Å². The summed E-state index contributed by atoms with van der Waals surface area (Å²) < 4.78 is 47.4. The van der Waals surface area contributed by atoms with Crippen LogP contribution in [0.5, 0.6) is 0 Å². The Hall–Kier alpha value is -4.02. The number of alkyl halides is 2. The summed E-state index contributed by atoms with van der Waals surface area (Å²) in [6.45, 7) is 13.7. The van der Waals surface area contributed by atoms with Gasteiger partial charge in [0.05, 0.1) is 36.6 Å². The molecule has 304 valence electrons. The molecule has 0 radical (unpaired) electrons. The topological polar surface area (TPSA) is 161 Å². The highest BCUT2D eigenvalue weighted by molar-refractivity contribution is 6.48. The quantitative estimate of drug-likeness (QED) is 0.228. The van der Waals surface area contributed by atoms with Gasteiger partial charge in [0.1, 0.15) is 23.8 Å². The zero-order valence-corrected chi connectivity index (χ0v) is 33.2. The smallest absolute Gasteiger partial charge is 0.404 e. The maximum absolute atomic E-state index is 14.5. The highest BCUT2D eigenvalue weighted by atomic mass is 19.3. The van der Waals surface area contributed by atoms with E-state index in [0.29, 0.717) is 5.92 Å². The number of benzene rings is 1. The van der Waals surface area contributed by atoms with Gasteiger partial charge in [-0.3, -0.25) is 24.2 Å². The third-order valence-corrected chi connectivity index (χ3v) is 12.5. The van der Waals surface area contributed by atoms with E-state index in [0.717, 1.165) is 18.4 Å². The molecule has 3 aliphatic carbocycles. The molecule has 4 amide bonds. The number of nitrogens with zero attached hydrogens (tertiary/aromatic N) is 3. The zero-order chi connectivity index (χ0) is 40.5. The molecule has 5 aliphatic rings. The fraction of sp³-hybridized carbons (Fsp3) is 0.650. The Morgan fingerprint density at radius 1 is 0.964 bits per heavy atom. The molecule has 3 saturated carbocycles. The Balaban J connectivity index is 1.20. The molecular formula is C40H55BF2N6O7. The van der Waals surface area contributed by atoms with Crippen molar-refractivity contribution < 1.29 is 42.0 Å². The van der Waals surface area contributed by atoms with Crippen molar-refractivity contribution in [3.63, 3.8) is 0 Å². The average molecular weight is 781 g/mol. The van der Waals surface area contributed by atoms with Crippen LogP contribution in [-0.2, 0) is 35.0 Å². The van der Waals surface area contributed by atoms with E-state index in [1.165, 1.54) is 23.5 Å². The molecule has 16 heteroatoms. The van der Waals surface area contributed by atoms with Crippen LogP contribution >= 0.6 is 0 Å². The number of hydrogen-bond acceptors (Lipinski definition) is 9. The first-order valence-electron chi connectivity index (χ1n) is 19.7. The molecule has 2 aromatic rings. The normalized spacial score (nSPS) is 28.0. The molecule has 7 rings (SSSR count). The standard InChI is InChI=1S/C40H55BF2N6O7/c1-22(2)33(47-35(50)27-19-44-13-14-45-27)37(52)48-34(23(3)4)38(53)49-20-26(54-21-24-11-9-8-10-12-24)17-28(49)36(51)46-31(18-32(42)43)41-55-30-16-25-15-29(39(25,5)6)40(30,7)56-41/h8-14,19,22-23,25-26,28-34H,15-18,20-21H2,1-7H3,(H,46,51)(H,47,50)(H,48,52)/t25-,26+,28-,29-,30+,31+,33-,34-,40-/m0/s1. The van der Waals surface area contributed by atoms with Gasteiger partial charge in [0, 0.05) is 31.8 Å². The minimum Gasteiger partial charge on any atom is -0.404 e. The van der Waals surface area contributed by atoms with Crippen LogP contribution in [0.4, 0.5) is 8.78 Å². The Morgan fingerprint density at radius 2 is 1.68 bits per heavy atom. The van der Waals surface area contributed by atoms with Gasteiger partial charge in [-0.2, -0.15) is 0 Å². The lowest BCUT2D eigenvalue weighted by molar-refractivity contribution is -0.199. The number of carbonyl (C=O) groups excluding carboxylic acids is 4. The van der Waals surface area contributed by atoms with Gasteiger partial charge in [-0.15, -0.1) is 0 Å². The largest absolute Gasteiger partial charge is 0.481 e. The average Bonchev–Trinajstić information content (AvgIpc) is 3.76. The minimum absolute atomic E-state index is 0.0219. The number of ether oxygens (including phenoxy) is 1. The Labute approximate surface area is 327 Å². The van der Waals surface area contributed by atoms with E-state index in [1.54, 1.807) is 27.7 Å². The monoisotopic (exact) mass is 780 g/mol. The number of aromatic nitrogens is 2. The van der Waals surface area contributed by atoms with E-state index < -0.39 is 85.3 Å². The predicted octanol–water partition coefficient (Wildman–Crippen LogP) is 3.97. The molecule has 3 N–H and O–H groups in total. The summed E-state index contributed by atoms with van der Waals surface area (Å²) in [6.07, 6.45) is 1.58. The summed E-state index contributed by atoms with van der Waals surface area (Å²) >= 11 is 0. The van der Waals surface area contributed by atoms with Crippen molar-refractivity contribution in [2.75, 3.05) is 6.54 Å². The lowest BCUT2D eigenvalue weighted by atomic mass is 9.43. The summed E-state index contributed by atoms with van der Waals surface area (Å²) in [5.41, 5.74) is 0.286. The van der Waals surface area contributed by atoms with Gasteiger partial charge < -0.3 is 34.9 Å². The van der Waals surface area contributed by atoms with Gasteiger partial charge in [0.2, 0.25) is 24.1 Å². The Bertz CT molecular complexity index is 1720. The van der Waals surface area contributed by atoms with Gasteiger partial charge in [-0.05, 0) is 54.4 Å². The van der Waals surface area contributed by atoms with Crippen LogP contribution in [-0.4, -0.2) is 100 Å². The van der Waals surface area contributed by atoms with Crippen LogP contribution in [0.3, 0.4) is 0 Å². The van der Waals surface area contributed by atoms with Gasteiger partial charge in [0.15, 0.2) is 0 Å². The van der Waals surface area contributed by atoms with Crippen LogP contribution in [0.25, 0.3) is 0 Å². The minimum atomic E-state index is -2.76. The van der Waals surface area contributed by atoms with Crippen LogP contribution in [0.1, 0.15) is 90.2 Å². The van der Waals surface area contributed by atoms with Crippen LogP contribution in [0.2, 0.25) is 0 Å². The van der Waals surface area contributed by atoms with E-state index in [4.69, 9.17) is 14.0 Å². The molecule has 9 atom stereocenters. The molecular weight excluding hydrogens is 725 g/mol. The van der Waals surface area contributed by atoms with Crippen molar-refractivity contribution in [2.45, 2.75) is 129 Å². The maximum atomic E-state index is 14.5. The van der Waals surface area contributed by atoms with E-state index in [-0.39, 0.29) is 48.6 Å². The van der Waals surface area contributed by atoms with Gasteiger partial charge >= 0.3 is 7.12 Å². The first kappa shape index (κ1) is 41.6. The second kappa shape index (κ2) is 16.8. The number of halogens is 2. The predicted molar refractivity (Wildman–Crippen MR) is 203 cm³/mol.